The zero-order valence-corrected chi connectivity index (χ0v) is 14.1. The van der Waals surface area contributed by atoms with Gasteiger partial charge in [0.05, 0.1) is 17.3 Å². The molecule has 0 spiro atoms. The van der Waals surface area contributed by atoms with Gasteiger partial charge in [-0.3, -0.25) is 14.1 Å². The Bertz CT molecular complexity index is 915. The molecule has 6 nitrogen and oxygen atoms in total. The average Bonchev–Trinajstić information content (AvgIpc) is 3.00. The summed E-state index contributed by atoms with van der Waals surface area (Å²) in [6.45, 7) is 7.89. The fraction of sp³-hybridized carbons (Fsp3) is 0.444. The van der Waals surface area contributed by atoms with Crippen LogP contribution in [0, 0.1) is 13.8 Å². The van der Waals surface area contributed by atoms with Crippen LogP contribution in [0.1, 0.15) is 23.9 Å². The lowest BCUT2D eigenvalue weighted by Crippen LogP contribution is -2.48. The summed E-state index contributed by atoms with van der Waals surface area (Å²) in [4.78, 5) is 14.4. The maximum atomic E-state index is 11.9. The fourth-order valence-corrected chi connectivity index (χ4v) is 3.57. The molecule has 1 fully saturated rings. The van der Waals surface area contributed by atoms with Crippen LogP contribution in [-0.4, -0.2) is 38.9 Å². The molecule has 4 rings (SSSR count). The van der Waals surface area contributed by atoms with Crippen molar-refractivity contribution < 1.29 is 4.42 Å². The normalized spacial score (nSPS) is 15.9. The van der Waals surface area contributed by atoms with E-state index >= 15 is 0 Å². The molecule has 1 aromatic carbocycles. The number of fused-ring (bicyclic) bond motifs is 1. The van der Waals surface area contributed by atoms with Crippen LogP contribution in [0.5, 0.6) is 0 Å². The lowest BCUT2D eigenvalue weighted by Gasteiger charge is -2.39. The van der Waals surface area contributed by atoms with E-state index in [2.05, 4.69) is 27.7 Å². The van der Waals surface area contributed by atoms with Gasteiger partial charge in [0.15, 0.2) is 5.58 Å². The van der Waals surface area contributed by atoms with Gasteiger partial charge in [-0.25, -0.2) is 4.79 Å². The minimum atomic E-state index is -0.264. The first-order valence-corrected chi connectivity index (χ1v) is 8.45. The third-order valence-corrected chi connectivity index (χ3v) is 4.76. The van der Waals surface area contributed by atoms with Crippen molar-refractivity contribution in [2.24, 2.45) is 0 Å². The summed E-state index contributed by atoms with van der Waals surface area (Å²) in [7, 11) is 0. The summed E-state index contributed by atoms with van der Waals surface area (Å²) in [5, 5.41) is 4.57. The second kappa shape index (κ2) is 5.94. The van der Waals surface area contributed by atoms with Crippen molar-refractivity contribution >= 4 is 11.1 Å². The van der Waals surface area contributed by atoms with Crippen molar-refractivity contribution in [3.05, 3.63) is 52.3 Å². The monoisotopic (exact) mass is 326 g/mol. The van der Waals surface area contributed by atoms with Gasteiger partial charge in [-0.2, -0.15) is 5.10 Å². The summed E-state index contributed by atoms with van der Waals surface area (Å²) in [5.41, 5.74) is 3.85. The van der Waals surface area contributed by atoms with Crippen LogP contribution in [-0.2, 0) is 6.54 Å². The molecule has 0 saturated carbocycles. The van der Waals surface area contributed by atoms with Gasteiger partial charge in [0.1, 0.15) is 0 Å². The third kappa shape index (κ3) is 2.67. The predicted octanol–water partition coefficient (Wildman–Crippen LogP) is 2.35. The number of para-hydroxylation sites is 2. The predicted molar refractivity (Wildman–Crippen MR) is 92.3 cm³/mol. The summed E-state index contributed by atoms with van der Waals surface area (Å²) >= 11 is 0. The number of nitrogens with zero attached hydrogens (tertiary/aromatic N) is 4. The van der Waals surface area contributed by atoms with Gasteiger partial charge in [-0.15, -0.1) is 0 Å². The van der Waals surface area contributed by atoms with Crippen LogP contribution in [0.3, 0.4) is 0 Å². The molecule has 2 aromatic heterocycles. The molecule has 126 valence electrons. The quantitative estimate of drug-likeness (QED) is 0.722. The molecule has 0 N–H and O–H groups in total. The third-order valence-electron chi connectivity index (χ3n) is 4.76. The molecule has 0 bridgehead atoms. The standard InChI is InChI=1S/C18H22N4O2/c1-13-10-14(2)22(19-13)15-11-20(12-15)8-5-9-21-16-6-3-4-7-17(16)24-18(21)23/h3-4,6-7,10,15H,5,8-9,11-12H2,1-2H3. The lowest BCUT2D eigenvalue weighted by atomic mass is 10.1. The molecular formula is C18H22N4O2. The van der Waals surface area contributed by atoms with Crippen molar-refractivity contribution in [2.75, 3.05) is 19.6 Å². The molecule has 3 aromatic rings. The molecule has 24 heavy (non-hydrogen) atoms. The van der Waals surface area contributed by atoms with Crippen LogP contribution in [0.15, 0.2) is 39.5 Å². The molecule has 6 heteroatoms. The lowest BCUT2D eigenvalue weighted by molar-refractivity contribution is 0.0943. The van der Waals surface area contributed by atoms with Crippen molar-refractivity contribution in [2.45, 2.75) is 32.9 Å². The number of hydrogen-bond donors (Lipinski definition) is 0. The minimum Gasteiger partial charge on any atom is -0.408 e. The number of benzene rings is 1. The van der Waals surface area contributed by atoms with Crippen molar-refractivity contribution in [3.8, 4) is 0 Å². The molecule has 1 saturated heterocycles. The van der Waals surface area contributed by atoms with E-state index in [9.17, 15) is 4.79 Å². The first-order valence-electron chi connectivity index (χ1n) is 8.45. The summed E-state index contributed by atoms with van der Waals surface area (Å²) in [6.07, 6.45) is 0.938. The van der Waals surface area contributed by atoms with Crippen molar-refractivity contribution in [3.63, 3.8) is 0 Å². The molecule has 0 amide bonds. The van der Waals surface area contributed by atoms with E-state index < -0.39 is 0 Å². The van der Waals surface area contributed by atoms with Gasteiger partial charge >= 0.3 is 5.76 Å². The molecule has 0 atom stereocenters. The van der Waals surface area contributed by atoms with Crippen molar-refractivity contribution in [1.82, 2.24) is 19.2 Å². The number of hydrogen-bond acceptors (Lipinski definition) is 4. The molecule has 1 aliphatic rings. The van der Waals surface area contributed by atoms with E-state index in [1.54, 1.807) is 4.57 Å². The molecule has 3 heterocycles. The number of oxazole rings is 1. The maximum Gasteiger partial charge on any atom is 0.419 e. The highest BCUT2D eigenvalue weighted by atomic mass is 16.4. The second-order valence-corrected chi connectivity index (χ2v) is 6.63. The van der Waals surface area contributed by atoms with Gasteiger partial charge in [-0.1, -0.05) is 12.1 Å². The van der Waals surface area contributed by atoms with Crippen LogP contribution in [0.2, 0.25) is 0 Å². The Morgan fingerprint density at radius 3 is 2.75 bits per heavy atom. The zero-order valence-electron chi connectivity index (χ0n) is 14.1. The second-order valence-electron chi connectivity index (χ2n) is 6.63. The highest BCUT2D eigenvalue weighted by Crippen LogP contribution is 2.23. The van der Waals surface area contributed by atoms with E-state index in [0.717, 1.165) is 37.3 Å². The van der Waals surface area contributed by atoms with Gasteiger partial charge in [0.2, 0.25) is 0 Å². The van der Waals surface area contributed by atoms with Crippen LogP contribution < -0.4 is 5.76 Å². The van der Waals surface area contributed by atoms with Crippen LogP contribution in [0.25, 0.3) is 11.1 Å². The average molecular weight is 326 g/mol. The van der Waals surface area contributed by atoms with Crippen molar-refractivity contribution in [1.29, 1.82) is 0 Å². The molecule has 0 aliphatic carbocycles. The Hall–Kier alpha value is -2.34. The minimum absolute atomic E-state index is 0.264. The van der Waals surface area contributed by atoms with Gasteiger partial charge in [-0.05, 0) is 38.5 Å². The summed E-state index contributed by atoms with van der Waals surface area (Å²) in [5.74, 6) is -0.264. The molecular weight excluding hydrogens is 304 g/mol. The van der Waals surface area contributed by atoms with Gasteiger partial charge < -0.3 is 4.42 Å². The zero-order chi connectivity index (χ0) is 16.7. The Kier molecular flexibility index (Phi) is 3.76. The van der Waals surface area contributed by atoms with E-state index in [0.29, 0.717) is 18.2 Å². The Balaban J connectivity index is 1.32. The molecule has 0 radical (unpaired) electrons. The number of aryl methyl sites for hydroxylation is 3. The summed E-state index contributed by atoms with van der Waals surface area (Å²) in [6, 6.07) is 10.2. The van der Waals surface area contributed by atoms with E-state index in [-0.39, 0.29) is 5.76 Å². The van der Waals surface area contributed by atoms with Crippen LogP contribution >= 0.6 is 0 Å². The first kappa shape index (κ1) is 15.2. The fourth-order valence-electron chi connectivity index (χ4n) is 3.57. The first-order chi connectivity index (χ1) is 11.6. The molecule has 1 aliphatic heterocycles. The SMILES string of the molecule is Cc1cc(C)n(C2CN(CCCn3c(=O)oc4ccccc43)C2)n1. The Morgan fingerprint density at radius 2 is 2.00 bits per heavy atom. The largest absolute Gasteiger partial charge is 0.419 e. The van der Waals surface area contributed by atoms with Gasteiger partial charge in [0, 0.05) is 31.9 Å². The number of aromatic nitrogens is 3. The van der Waals surface area contributed by atoms with E-state index in [1.807, 2.05) is 31.2 Å². The number of likely N-dealkylation sites (tertiary alicyclic amines) is 1. The summed E-state index contributed by atoms with van der Waals surface area (Å²) < 4.78 is 9.14. The maximum absolute atomic E-state index is 11.9. The van der Waals surface area contributed by atoms with E-state index in [1.165, 1.54) is 5.69 Å². The van der Waals surface area contributed by atoms with Gasteiger partial charge in [0.25, 0.3) is 0 Å². The Labute approximate surface area is 140 Å². The topological polar surface area (TPSA) is 56.2 Å². The smallest absolute Gasteiger partial charge is 0.408 e. The molecule has 0 unspecified atom stereocenters. The highest BCUT2D eigenvalue weighted by Gasteiger charge is 2.29. The van der Waals surface area contributed by atoms with Crippen LogP contribution in [0.4, 0.5) is 0 Å². The highest BCUT2D eigenvalue weighted by molar-refractivity contribution is 5.72. The number of rotatable bonds is 5. The Morgan fingerprint density at radius 1 is 1.21 bits per heavy atom. The van der Waals surface area contributed by atoms with E-state index in [4.69, 9.17) is 4.42 Å².